The summed E-state index contributed by atoms with van der Waals surface area (Å²) in [5.74, 6) is 0. The van der Waals surface area contributed by atoms with Gasteiger partial charge in [-0.25, -0.2) is 0 Å². The van der Waals surface area contributed by atoms with E-state index in [0.29, 0.717) is 25.4 Å². The highest BCUT2D eigenvalue weighted by molar-refractivity contribution is 5.53. The molecule has 0 saturated carbocycles. The van der Waals surface area contributed by atoms with E-state index < -0.39 is 11.7 Å². The minimum absolute atomic E-state index is 0.371. The first kappa shape index (κ1) is 16.3. The molecular formula is C14H17F3N2O. The minimum atomic E-state index is -4.50. The van der Waals surface area contributed by atoms with Crippen molar-refractivity contribution in [3.8, 4) is 6.07 Å². The number of benzene rings is 1. The molecule has 0 fully saturated rings. The highest BCUT2D eigenvalue weighted by atomic mass is 19.4. The summed E-state index contributed by atoms with van der Waals surface area (Å²) in [4.78, 5) is 0. The van der Waals surface area contributed by atoms with Crippen molar-refractivity contribution < 1.29 is 17.9 Å². The van der Waals surface area contributed by atoms with Crippen molar-refractivity contribution in [3.63, 3.8) is 0 Å². The molecule has 0 bridgehead atoms. The zero-order valence-corrected chi connectivity index (χ0v) is 11.3. The number of nitrogens with zero attached hydrogens (tertiary/aromatic N) is 1. The Labute approximate surface area is 116 Å². The largest absolute Gasteiger partial charge is 0.417 e. The van der Waals surface area contributed by atoms with Crippen LogP contribution in [0.5, 0.6) is 0 Å². The minimum Gasteiger partial charge on any atom is -0.385 e. The van der Waals surface area contributed by atoms with Crippen LogP contribution >= 0.6 is 0 Å². The van der Waals surface area contributed by atoms with Crippen molar-refractivity contribution in [1.82, 2.24) is 0 Å². The Morgan fingerprint density at radius 3 is 2.65 bits per heavy atom. The first-order valence-electron chi connectivity index (χ1n) is 6.42. The van der Waals surface area contributed by atoms with Crippen LogP contribution in [0.15, 0.2) is 18.2 Å². The van der Waals surface area contributed by atoms with Gasteiger partial charge < -0.3 is 10.1 Å². The molecule has 0 heterocycles. The fraction of sp³-hybridized carbons (Fsp3) is 0.500. The number of nitriles is 1. The summed E-state index contributed by atoms with van der Waals surface area (Å²) in [6.07, 6.45) is -2.79. The Balaban J connectivity index is 2.55. The van der Waals surface area contributed by atoms with E-state index in [1.807, 2.05) is 6.92 Å². The van der Waals surface area contributed by atoms with Crippen LogP contribution in [-0.4, -0.2) is 19.8 Å². The number of hydrogen-bond donors (Lipinski definition) is 1. The molecule has 6 heteroatoms. The molecule has 0 aliphatic rings. The summed E-state index contributed by atoms with van der Waals surface area (Å²) in [5, 5.41) is 11.8. The molecule has 0 aliphatic carbocycles. The van der Waals surface area contributed by atoms with Gasteiger partial charge in [-0.05, 0) is 31.0 Å². The van der Waals surface area contributed by atoms with Crippen molar-refractivity contribution in [2.45, 2.75) is 25.9 Å². The van der Waals surface area contributed by atoms with Gasteiger partial charge in [0.15, 0.2) is 0 Å². The number of halogens is 3. The average Bonchev–Trinajstić information content (AvgIpc) is 2.41. The Morgan fingerprint density at radius 2 is 2.05 bits per heavy atom. The van der Waals surface area contributed by atoms with E-state index >= 15 is 0 Å². The third kappa shape index (κ3) is 5.10. The highest BCUT2D eigenvalue weighted by Crippen LogP contribution is 2.32. The smallest absolute Gasteiger partial charge is 0.385 e. The van der Waals surface area contributed by atoms with Gasteiger partial charge in [0, 0.05) is 25.4 Å². The molecule has 1 aromatic rings. The first-order chi connectivity index (χ1) is 9.49. The SMILES string of the molecule is CCCOCCCNc1ccc(C(F)(F)F)c(C#N)c1. The normalized spacial score (nSPS) is 11.2. The number of rotatable bonds is 7. The number of anilines is 1. The topological polar surface area (TPSA) is 45.0 Å². The number of ether oxygens (including phenoxy) is 1. The lowest BCUT2D eigenvalue weighted by Crippen LogP contribution is -2.10. The summed E-state index contributed by atoms with van der Waals surface area (Å²) < 4.78 is 43.1. The van der Waals surface area contributed by atoms with Crippen molar-refractivity contribution in [1.29, 1.82) is 5.26 Å². The monoisotopic (exact) mass is 286 g/mol. The van der Waals surface area contributed by atoms with Crippen LogP contribution in [0.3, 0.4) is 0 Å². The van der Waals surface area contributed by atoms with Gasteiger partial charge in [-0.15, -0.1) is 0 Å². The second kappa shape index (κ2) is 7.75. The molecule has 1 aromatic carbocycles. The summed E-state index contributed by atoms with van der Waals surface area (Å²) in [6, 6.07) is 5.05. The molecule has 0 atom stereocenters. The molecular weight excluding hydrogens is 269 g/mol. The second-order valence-electron chi connectivity index (χ2n) is 4.26. The van der Waals surface area contributed by atoms with Crippen LogP contribution in [0.1, 0.15) is 30.9 Å². The van der Waals surface area contributed by atoms with E-state index in [1.54, 1.807) is 6.07 Å². The molecule has 0 aliphatic heterocycles. The molecule has 110 valence electrons. The van der Waals surface area contributed by atoms with E-state index in [0.717, 1.165) is 18.9 Å². The summed E-state index contributed by atoms with van der Waals surface area (Å²) >= 11 is 0. The zero-order valence-electron chi connectivity index (χ0n) is 11.3. The first-order valence-corrected chi connectivity index (χ1v) is 6.42. The van der Waals surface area contributed by atoms with Gasteiger partial charge in [0.1, 0.15) is 0 Å². The predicted molar refractivity (Wildman–Crippen MR) is 70.4 cm³/mol. The van der Waals surface area contributed by atoms with Gasteiger partial charge in [0.2, 0.25) is 0 Å². The predicted octanol–water partition coefficient (Wildman–Crippen LogP) is 3.81. The molecule has 0 radical (unpaired) electrons. The Morgan fingerprint density at radius 1 is 1.30 bits per heavy atom. The lowest BCUT2D eigenvalue weighted by Gasteiger charge is -2.11. The van der Waals surface area contributed by atoms with E-state index in [9.17, 15) is 13.2 Å². The lowest BCUT2D eigenvalue weighted by atomic mass is 10.1. The average molecular weight is 286 g/mol. The Hall–Kier alpha value is -1.74. The van der Waals surface area contributed by atoms with E-state index in [2.05, 4.69) is 5.32 Å². The third-order valence-electron chi connectivity index (χ3n) is 2.59. The standard InChI is InChI=1S/C14H17F3N2O/c1-2-7-20-8-3-6-19-12-4-5-13(14(15,16)17)11(9-12)10-18/h4-5,9,19H,2-3,6-8H2,1H3. The van der Waals surface area contributed by atoms with Crippen LogP contribution < -0.4 is 5.32 Å². The maximum atomic E-state index is 12.6. The molecule has 0 unspecified atom stereocenters. The molecule has 1 rings (SSSR count). The van der Waals surface area contributed by atoms with Gasteiger partial charge in [-0.2, -0.15) is 18.4 Å². The van der Waals surface area contributed by atoms with Crippen LogP contribution in [0, 0.1) is 11.3 Å². The summed E-state index contributed by atoms with van der Waals surface area (Å²) in [7, 11) is 0. The quantitative estimate of drug-likeness (QED) is 0.775. The third-order valence-corrected chi connectivity index (χ3v) is 2.59. The van der Waals surface area contributed by atoms with E-state index in [4.69, 9.17) is 10.00 Å². The molecule has 0 spiro atoms. The molecule has 20 heavy (non-hydrogen) atoms. The van der Waals surface area contributed by atoms with Crippen LogP contribution in [0.25, 0.3) is 0 Å². The van der Waals surface area contributed by atoms with Gasteiger partial charge in [-0.1, -0.05) is 6.92 Å². The van der Waals surface area contributed by atoms with Gasteiger partial charge >= 0.3 is 6.18 Å². The Kier molecular flexibility index (Phi) is 6.32. The maximum absolute atomic E-state index is 12.6. The second-order valence-corrected chi connectivity index (χ2v) is 4.26. The summed E-state index contributed by atoms with van der Waals surface area (Å²) in [5.41, 5.74) is -0.772. The van der Waals surface area contributed by atoms with Crippen molar-refractivity contribution in [2.24, 2.45) is 0 Å². The number of nitrogens with one attached hydrogen (secondary N) is 1. The number of alkyl halides is 3. The van der Waals surface area contributed by atoms with Crippen molar-refractivity contribution in [2.75, 3.05) is 25.1 Å². The molecule has 1 N–H and O–H groups in total. The highest BCUT2D eigenvalue weighted by Gasteiger charge is 2.33. The van der Waals surface area contributed by atoms with Gasteiger partial charge in [0.25, 0.3) is 0 Å². The molecule has 0 amide bonds. The maximum Gasteiger partial charge on any atom is 0.417 e. The lowest BCUT2D eigenvalue weighted by molar-refractivity contribution is -0.137. The number of hydrogen-bond acceptors (Lipinski definition) is 3. The van der Waals surface area contributed by atoms with Gasteiger partial charge in [0.05, 0.1) is 17.2 Å². The molecule has 0 aromatic heterocycles. The van der Waals surface area contributed by atoms with Crippen LogP contribution in [0.4, 0.5) is 18.9 Å². The van der Waals surface area contributed by atoms with Gasteiger partial charge in [-0.3, -0.25) is 0 Å². The fourth-order valence-corrected chi connectivity index (χ4v) is 1.65. The van der Waals surface area contributed by atoms with Crippen molar-refractivity contribution in [3.05, 3.63) is 29.3 Å². The van der Waals surface area contributed by atoms with E-state index in [1.165, 1.54) is 12.1 Å². The fourth-order valence-electron chi connectivity index (χ4n) is 1.65. The zero-order chi connectivity index (χ0) is 15.0. The van der Waals surface area contributed by atoms with Crippen molar-refractivity contribution >= 4 is 5.69 Å². The molecule has 0 saturated heterocycles. The molecule has 3 nitrogen and oxygen atoms in total. The van der Waals surface area contributed by atoms with Crippen LogP contribution in [-0.2, 0) is 10.9 Å². The Bertz CT molecular complexity index is 466. The van der Waals surface area contributed by atoms with Crippen LogP contribution in [0.2, 0.25) is 0 Å². The van der Waals surface area contributed by atoms with E-state index in [-0.39, 0.29) is 5.56 Å². The summed E-state index contributed by atoms with van der Waals surface area (Å²) in [6.45, 7) is 3.91.